The summed E-state index contributed by atoms with van der Waals surface area (Å²) in [6.07, 6.45) is 7.91. The van der Waals surface area contributed by atoms with Gasteiger partial charge < -0.3 is 5.32 Å². The summed E-state index contributed by atoms with van der Waals surface area (Å²) in [6, 6.07) is 4.69. The molecule has 0 aromatic carbocycles. The fourth-order valence-corrected chi connectivity index (χ4v) is 2.79. The highest BCUT2D eigenvalue weighted by atomic mass is 14.9. The van der Waals surface area contributed by atoms with E-state index in [9.17, 15) is 0 Å². The van der Waals surface area contributed by atoms with Crippen LogP contribution in [-0.4, -0.2) is 12.0 Å². The van der Waals surface area contributed by atoms with Crippen LogP contribution in [0.25, 0.3) is 0 Å². The summed E-state index contributed by atoms with van der Waals surface area (Å²) in [6.45, 7) is 2.36. The SMILES string of the molecule is CNC(c1cccnc1)C1CCC(C)C1. The summed E-state index contributed by atoms with van der Waals surface area (Å²) in [5.41, 5.74) is 1.33. The molecule has 1 N–H and O–H groups in total. The molecule has 2 heteroatoms. The third-order valence-electron chi connectivity index (χ3n) is 3.56. The molecule has 0 amide bonds. The van der Waals surface area contributed by atoms with E-state index in [1.54, 1.807) is 0 Å². The van der Waals surface area contributed by atoms with Crippen molar-refractivity contribution in [1.82, 2.24) is 10.3 Å². The Balaban J connectivity index is 2.11. The van der Waals surface area contributed by atoms with Gasteiger partial charge in [0.1, 0.15) is 0 Å². The summed E-state index contributed by atoms with van der Waals surface area (Å²) >= 11 is 0. The molecule has 0 aliphatic heterocycles. The third-order valence-corrected chi connectivity index (χ3v) is 3.56. The minimum absolute atomic E-state index is 0.489. The summed E-state index contributed by atoms with van der Waals surface area (Å²) in [5.74, 6) is 1.68. The largest absolute Gasteiger partial charge is 0.313 e. The summed E-state index contributed by atoms with van der Waals surface area (Å²) in [4.78, 5) is 4.20. The van der Waals surface area contributed by atoms with Gasteiger partial charge in [0.05, 0.1) is 0 Å². The van der Waals surface area contributed by atoms with Gasteiger partial charge in [0, 0.05) is 18.4 Å². The molecule has 15 heavy (non-hydrogen) atoms. The molecule has 1 aromatic rings. The van der Waals surface area contributed by atoms with Gasteiger partial charge in [-0.05, 0) is 43.4 Å². The van der Waals surface area contributed by atoms with Crippen molar-refractivity contribution in [2.75, 3.05) is 7.05 Å². The summed E-state index contributed by atoms with van der Waals surface area (Å²) in [7, 11) is 2.06. The molecule has 2 rings (SSSR count). The molecule has 1 aromatic heterocycles. The van der Waals surface area contributed by atoms with E-state index >= 15 is 0 Å². The minimum Gasteiger partial charge on any atom is -0.313 e. The number of aromatic nitrogens is 1. The van der Waals surface area contributed by atoms with Crippen LogP contribution in [0.3, 0.4) is 0 Å². The van der Waals surface area contributed by atoms with Crippen LogP contribution in [0.15, 0.2) is 24.5 Å². The normalized spacial score (nSPS) is 27.9. The Kier molecular flexibility index (Phi) is 3.37. The highest BCUT2D eigenvalue weighted by Crippen LogP contribution is 2.38. The number of rotatable bonds is 3. The van der Waals surface area contributed by atoms with Gasteiger partial charge in [-0.3, -0.25) is 4.98 Å². The van der Waals surface area contributed by atoms with Gasteiger partial charge in [0.15, 0.2) is 0 Å². The second kappa shape index (κ2) is 4.75. The highest BCUT2D eigenvalue weighted by molar-refractivity contribution is 5.15. The second-order valence-electron chi connectivity index (χ2n) is 4.73. The van der Waals surface area contributed by atoms with Gasteiger partial charge >= 0.3 is 0 Å². The van der Waals surface area contributed by atoms with Crippen molar-refractivity contribution in [3.05, 3.63) is 30.1 Å². The lowest BCUT2D eigenvalue weighted by Gasteiger charge is -2.23. The fraction of sp³-hybridized carbons (Fsp3) is 0.615. The maximum Gasteiger partial charge on any atom is 0.0361 e. The Bertz CT molecular complexity index is 297. The van der Waals surface area contributed by atoms with Crippen LogP contribution in [0.4, 0.5) is 0 Å². The lowest BCUT2D eigenvalue weighted by atomic mass is 9.92. The number of nitrogens with one attached hydrogen (secondary N) is 1. The van der Waals surface area contributed by atoms with E-state index in [-0.39, 0.29) is 0 Å². The first kappa shape index (κ1) is 10.6. The van der Waals surface area contributed by atoms with Gasteiger partial charge in [-0.15, -0.1) is 0 Å². The molecule has 1 aliphatic rings. The van der Waals surface area contributed by atoms with Crippen LogP contribution in [0.5, 0.6) is 0 Å². The molecular weight excluding hydrogens is 184 g/mol. The van der Waals surface area contributed by atoms with E-state index in [2.05, 4.69) is 30.3 Å². The molecule has 1 fully saturated rings. The first-order chi connectivity index (χ1) is 7.31. The quantitative estimate of drug-likeness (QED) is 0.819. The van der Waals surface area contributed by atoms with Crippen molar-refractivity contribution in [1.29, 1.82) is 0 Å². The van der Waals surface area contributed by atoms with Crippen LogP contribution < -0.4 is 5.32 Å². The average Bonchev–Trinajstić information content (AvgIpc) is 2.68. The molecule has 1 aliphatic carbocycles. The topological polar surface area (TPSA) is 24.9 Å². The molecule has 0 saturated heterocycles. The number of nitrogens with zero attached hydrogens (tertiary/aromatic N) is 1. The van der Waals surface area contributed by atoms with Crippen molar-refractivity contribution >= 4 is 0 Å². The van der Waals surface area contributed by atoms with Crippen LogP contribution in [0.2, 0.25) is 0 Å². The van der Waals surface area contributed by atoms with E-state index in [1.807, 2.05) is 18.5 Å². The summed E-state index contributed by atoms with van der Waals surface area (Å²) < 4.78 is 0. The average molecular weight is 204 g/mol. The fourth-order valence-electron chi connectivity index (χ4n) is 2.79. The predicted molar refractivity (Wildman–Crippen MR) is 62.5 cm³/mol. The van der Waals surface area contributed by atoms with Crippen LogP contribution in [-0.2, 0) is 0 Å². The molecule has 1 saturated carbocycles. The van der Waals surface area contributed by atoms with Crippen LogP contribution >= 0.6 is 0 Å². The smallest absolute Gasteiger partial charge is 0.0361 e. The first-order valence-electron chi connectivity index (χ1n) is 5.88. The molecule has 0 spiro atoms. The monoisotopic (exact) mass is 204 g/mol. The van der Waals surface area contributed by atoms with E-state index in [0.29, 0.717) is 6.04 Å². The van der Waals surface area contributed by atoms with Gasteiger partial charge in [-0.1, -0.05) is 19.4 Å². The predicted octanol–water partition coefficient (Wildman–Crippen LogP) is 2.78. The van der Waals surface area contributed by atoms with E-state index in [0.717, 1.165) is 11.8 Å². The minimum atomic E-state index is 0.489. The number of hydrogen-bond donors (Lipinski definition) is 1. The lowest BCUT2D eigenvalue weighted by Crippen LogP contribution is -2.23. The van der Waals surface area contributed by atoms with Crippen molar-refractivity contribution < 1.29 is 0 Å². The molecule has 3 atom stereocenters. The molecule has 0 radical (unpaired) electrons. The zero-order valence-electron chi connectivity index (χ0n) is 9.61. The Hall–Kier alpha value is -0.890. The molecular formula is C13H20N2. The zero-order valence-corrected chi connectivity index (χ0v) is 9.61. The van der Waals surface area contributed by atoms with E-state index in [4.69, 9.17) is 0 Å². The third kappa shape index (κ3) is 2.37. The molecule has 0 bridgehead atoms. The van der Waals surface area contributed by atoms with Gasteiger partial charge in [0.25, 0.3) is 0 Å². The van der Waals surface area contributed by atoms with Crippen molar-refractivity contribution in [3.8, 4) is 0 Å². The van der Waals surface area contributed by atoms with E-state index in [1.165, 1.54) is 24.8 Å². The number of hydrogen-bond acceptors (Lipinski definition) is 2. The highest BCUT2D eigenvalue weighted by Gasteiger charge is 2.28. The Morgan fingerprint density at radius 1 is 1.47 bits per heavy atom. The number of pyridine rings is 1. The zero-order chi connectivity index (χ0) is 10.7. The molecule has 82 valence electrons. The lowest BCUT2D eigenvalue weighted by molar-refractivity contribution is 0.379. The van der Waals surface area contributed by atoms with Gasteiger partial charge in [0.2, 0.25) is 0 Å². The standard InChI is InChI=1S/C13H20N2/c1-10-5-6-11(8-10)13(14-2)12-4-3-7-15-9-12/h3-4,7,9-11,13-14H,5-6,8H2,1-2H3. The van der Waals surface area contributed by atoms with Crippen molar-refractivity contribution in [3.63, 3.8) is 0 Å². The Morgan fingerprint density at radius 2 is 2.33 bits per heavy atom. The Morgan fingerprint density at radius 3 is 2.87 bits per heavy atom. The summed E-state index contributed by atoms with van der Waals surface area (Å²) in [5, 5.41) is 3.44. The van der Waals surface area contributed by atoms with Gasteiger partial charge in [-0.25, -0.2) is 0 Å². The molecule has 2 nitrogen and oxygen atoms in total. The maximum absolute atomic E-state index is 4.20. The van der Waals surface area contributed by atoms with Crippen LogP contribution in [0.1, 0.15) is 37.8 Å². The van der Waals surface area contributed by atoms with Gasteiger partial charge in [-0.2, -0.15) is 0 Å². The molecule has 1 heterocycles. The first-order valence-corrected chi connectivity index (χ1v) is 5.88. The second-order valence-corrected chi connectivity index (χ2v) is 4.73. The van der Waals surface area contributed by atoms with E-state index < -0.39 is 0 Å². The van der Waals surface area contributed by atoms with Crippen molar-refractivity contribution in [2.45, 2.75) is 32.2 Å². The van der Waals surface area contributed by atoms with Crippen molar-refractivity contribution in [2.24, 2.45) is 11.8 Å². The Labute approximate surface area is 92.1 Å². The molecule has 3 unspecified atom stereocenters. The maximum atomic E-state index is 4.20. The van der Waals surface area contributed by atoms with Crippen LogP contribution in [0, 0.1) is 11.8 Å².